The van der Waals surface area contributed by atoms with E-state index in [9.17, 15) is 9.18 Å². The van der Waals surface area contributed by atoms with E-state index in [1.165, 1.54) is 19.2 Å². The van der Waals surface area contributed by atoms with Crippen LogP contribution in [-0.2, 0) is 0 Å². The summed E-state index contributed by atoms with van der Waals surface area (Å²) in [5.41, 5.74) is 0.294. The zero-order valence-corrected chi connectivity index (χ0v) is 11.4. The van der Waals surface area contributed by atoms with Gasteiger partial charge in [-0.1, -0.05) is 18.2 Å². The maximum Gasteiger partial charge on any atom is 0.199 e. The summed E-state index contributed by atoms with van der Waals surface area (Å²) in [5.74, 6) is -0.233. The van der Waals surface area contributed by atoms with Gasteiger partial charge in [-0.15, -0.1) is 0 Å². The number of rotatable bonds is 5. The van der Waals surface area contributed by atoms with E-state index in [1.54, 1.807) is 30.3 Å². The van der Waals surface area contributed by atoms with Gasteiger partial charge in [-0.05, 0) is 31.2 Å². The lowest BCUT2D eigenvalue weighted by Gasteiger charge is -2.09. The Balaban J connectivity index is 2.43. The molecule has 2 aromatic carbocycles. The van der Waals surface area contributed by atoms with Crippen LogP contribution < -0.4 is 9.47 Å². The van der Waals surface area contributed by atoms with Crippen molar-refractivity contribution in [1.82, 2.24) is 0 Å². The number of benzene rings is 2. The fourth-order valence-electron chi connectivity index (χ4n) is 1.93. The lowest BCUT2D eigenvalue weighted by atomic mass is 10.0. The third-order valence-electron chi connectivity index (χ3n) is 2.83. The Morgan fingerprint density at radius 2 is 1.95 bits per heavy atom. The van der Waals surface area contributed by atoms with Crippen molar-refractivity contribution in [3.8, 4) is 11.5 Å². The third-order valence-corrected chi connectivity index (χ3v) is 2.83. The first-order valence-electron chi connectivity index (χ1n) is 6.27. The van der Waals surface area contributed by atoms with Gasteiger partial charge < -0.3 is 9.47 Å². The average molecular weight is 274 g/mol. The highest BCUT2D eigenvalue weighted by Crippen LogP contribution is 2.25. The molecule has 3 nitrogen and oxygen atoms in total. The maximum atomic E-state index is 13.9. The molecule has 20 heavy (non-hydrogen) atoms. The van der Waals surface area contributed by atoms with Crippen LogP contribution in [-0.4, -0.2) is 19.5 Å². The molecule has 2 aromatic rings. The summed E-state index contributed by atoms with van der Waals surface area (Å²) in [6.45, 7) is 2.36. The molecule has 0 spiro atoms. The van der Waals surface area contributed by atoms with Crippen LogP contribution in [0.2, 0.25) is 0 Å². The minimum Gasteiger partial charge on any atom is -0.496 e. The van der Waals surface area contributed by atoms with E-state index in [0.717, 1.165) is 0 Å². The molecule has 0 radical (unpaired) electrons. The molecule has 0 unspecified atom stereocenters. The van der Waals surface area contributed by atoms with Crippen LogP contribution in [0.25, 0.3) is 0 Å². The fraction of sp³-hybridized carbons (Fsp3) is 0.188. The van der Waals surface area contributed by atoms with Crippen LogP contribution in [0.3, 0.4) is 0 Å². The largest absolute Gasteiger partial charge is 0.496 e. The van der Waals surface area contributed by atoms with Gasteiger partial charge in [-0.25, -0.2) is 4.39 Å². The van der Waals surface area contributed by atoms with E-state index in [1.807, 2.05) is 6.92 Å². The number of carbonyl (C=O) groups excluding carboxylic acids is 1. The van der Waals surface area contributed by atoms with E-state index in [-0.39, 0.29) is 11.3 Å². The fourth-order valence-corrected chi connectivity index (χ4v) is 1.93. The van der Waals surface area contributed by atoms with Gasteiger partial charge in [-0.2, -0.15) is 0 Å². The van der Waals surface area contributed by atoms with Gasteiger partial charge in [0, 0.05) is 5.56 Å². The van der Waals surface area contributed by atoms with Crippen molar-refractivity contribution in [3.05, 3.63) is 59.4 Å². The summed E-state index contributed by atoms with van der Waals surface area (Å²) >= 11 is 0. The van der Waals surface area contributed by atoms with Crippen molar-refractivity contribution in [1.29, 1.82) is 0 Å². The Morgan fingerprint density at radius 1 is 1.20 bits per heavy atom. The van der Waals surface area contributed by atoms with Gasteiger partial charge in [0.15, 0.2) is 5.78 Å². The minimum atomic E-state index is -0.601. The topological polar surface area (TPSA) is 35.5 Å². The molecule has 0 aliphatic rings. The molecule has 0 amide bonds. The zero-order chi connectivity index (χ0) is 14.5. The molecule has 0 saturated heterocycles. The van der Waals surface area contributed by atoms with Crippen LogP contribution in [0.4, 0.5) is 4.39 Å². The van der Waals surface area contributed by atoms with Crippen LogP contribution >= 0.6 is 0 Å². The van der Waals surface area contributed by atoms with Gasteiger partial charge in [0.05, 0.1) is 13.7 Å². The Morgan fingerprint density at radius 3 is 2.65 bits per heavy atom. The molecule has 2 rings (SSSR count). The highest BCUT2D eigenvalue weighted by atomic mass is 19.1. The number of halogens is 1. The second kappa shape index (κ2) is 6.19. The van der Waals surface area contributed by atoms with Gasteiger partial charge in [0.2, 0.25) is 0 Å². The number of hydrogen-bond acceptors (Lipinski definition) is 3. The molecular weight excluding hydrogens is 259 g/mol. The second-order valence-corrected chi connectivity index (χ2v) is 4.11. The third kappa shape index (κ3) is 2.79. The second-order valence-electron chi connectivity index (χ2n) is 4.11. The van der Waals surface area contributed by atoms with Crippen molar-refractivity contribution in [2.24, 2.45) is 0 Å². The van der Waals surface area contributed by atoms with Crippen LogP contribution in [0, 0.1) is 5.82 Å². The molecule has 104 valence electrons. The molecule has 0 aromatic heterocycles. The number of methoxy groups -OCH3 is 1. The van der Waals surface area contributed by atoms with Crippen molar-refractivity contribution in [2.75, 3.05) is 13.7 Å². The molecule has 0 saturated carbocycles. The van der Waals surface area contributed by atoms with E-state index < -0.39 is 11.6 Å². The normalized spacial score (nSPS) is 10.2. The number of carbonyl (C=O) groups is 1. The summed E-state index contributed by atoms with van der Waals surface area (Å²) in [4.78, 5) is 12.4. The van der Waals surface area contributed by atoms with Gasteiger partial charge in [-0.3, -0.25) is 4.79 Å². The molecule has 0 N–H and O–H groups in total. The Kier molecular flexibility index (Phi) is 4.35. The van der Waals surface area contributed by atoms with Crippen molar-refractivity contribution >= 4 is 5.78 Å². The van der Waals surface area contributed by atoms with Crippen molar-refractivity contribution < 1.29 is 18.7 Å². The monoisotopic (exact) mass is 274 g/mol. The smallest absolute Gasteiger partial charge is 0.199 e. The predicted octanol–water partition coefficient (Wildman–Crippen LogP) is 3.46. The first kappa shape index (κ1) is 14.1. The average Bonchev–Trinajstić information content (AvgIpc) is 2.47. The maximum absolute atomic E-state index is 13.9. The first-order chi connectivity index (χ1) is 9.67. The lowest BCUT2D eigenvalue weighted by molar-refractivity contribution is 0.103. The summed E-state index contributed by atoms with van der Waals surface area (Å²) in [5, 5.41) is 0. The van der Waals surface area contributed by atoms with Crippen LogP contribution in [0.1, 0.15) is 22.8 Å². The molecule has 0 aliphatic carbocycles. The molecule has 0 atom stereocenters. The Hall–Kier alpha value is -2.36. The number of hydrogen-bond donors (Lipinski definition) is 0. The number of ether oxygens (including phenoxy) is 2. The Labute approximate surface area is 117 Å². The summed E-state index contributed by atoms with van der Waals surface area (Å²) in [6.07, 6.45) is 0. The van der Waals surface area contributed by atoms with Crippen molar-refractivity contribution in [3.63, 3.8) is 0 Å². The van der Waals surface area contributed by atoms with E-state index in [0.29, 0.717) is 17.9 Å². The van der Waals surface area contributed by atoms with Gasteiger partial charge in [0.25, 0.3) is 0 Å². The summed E-state index contributed by atoms with van der Waals surface area (Å²) in [6, 6.07) is 11.0. The van der Waals surface area contributed by atoms with Crippen LogP contribution in [0.15, 0.2) is 42.5 Å². The quantitative estimate of drug-likeness (QED) is 0.783. The van der Waals surface area contributed by atoms with E-state index >= 15 is 0 Å². The highest BCUT2D eigenvalue weighted by molar-refractivity contribution is 6.11. The molecule has 0 aliphatic heterocycles. The summed E-state index contributed by atoms with van der Waals surface area (Å²) < 4.78 is 24.3. The highest BCUT2D eigenvalue weighted by Gasteiger charge is 2.19. The summed E-state index contributed by atoms with van der Waals surface area (Å²) in [7, 11) is 1.40. The molecular formula is C16H15FO3. The van der Waals surface area contributed by atoms with Gasteiger partial charge in [0.1, 0.15) is 22.9 Å². The Bertz CT molecular complexity index is 623. The first-order valence-corrected chi connectivity index (χ1v) is 6.27. The zero-order valence-electron chi connectivity index (χ0n) is 11.4. The number of ketones is 1. The molecule has 0 heterocycles. The molecule has 4 heteroatoms. The van der Waals surface area contributed by atoms with Gasteiger partial charge >= 0.3 is 0 Å². The standard InChI is InChI=1S/C16H15FO3/c1-3-20-12-7-4-6-11(10-12)16(18)15-13(17)8-5-9-14(15)19-2/h4-10H,3H2,1-2H3. The van der Waals surface area contributed by atoms with E-state index in [4.69, 9.17) is 9.47 Å². The molecule has 0 fully saturated rings. The lowest BCUT2D eigenvalue weighted by Crippen LogP contribution is -2.07. The predicted molar refractivity (Wildman–Crippen MR) is 74.0 cm³/mol. The minimum absolute atomic E-state index is 0.0661. The molecule has 0 bridgehead atoms. The van der Waals surface area contributed by atoms with Crippen molar-refractivity contribution in [2.45, 2.75) is 6.92 Å². The van der Waals surface area contributed by atoms with Crippen LogP contribution in [0.5, 0.6) is 11.5 Å². The SMILES string of the molecule is CCOc1cccc(C(=O)c2c(F)cccc2OC)c1. The van der Waals surface area contributed by atoms with E-state index in [2.05, 4.69) is 0 Å².